The number of anilines is 1. The van der Waals surface area contributed by atoms with Crippen LogP contribution in [0.1, 0.15) is 56.3 Å². The lowest BCUT2D eigenvalue weighted by molar-refractivity contribution is 0.0792. The van der Waals surface area contributed by atoms with Gasteiger partial charge < -0.3 is 14.6 Å². The first-order chi connectivity index (χ1) is 20.2. The molecule has 8 heteroatoms. The number of unbranched alkanes of at least 4 members (excludes halogenated alkanes) is 1. The molecular formula is C34H33ClN4O3. The third kappa shape index (κ3) is 6.52. The molecule has 1 N–H and O–H groups in total. The molecule has 0 bridgehead atoms. The number of carbonyl (C=O) groups is 2. The molecule has 0 aliphatic carbocycles. The molecule has 0 atom stereocenters. The average molecular weight is 581 g/mol. The van der Waals surface area contributed by atoms with Crippen LogP contribution in [0, 0.1) is 20.8 Å². The van der Waals surface area contributed by atoms with Crippen molar-refractivity contribution in [2.75, 3.05) is 18.9 Å². The smallest absolute Gasteiger partial charge is 0.256 e. The molecular weight excluding hydrogens is 548 g/mol. The number of aromatic nitrogens is 2. The number of aryl methyl sites for hydroxylation is 4. The summed E-state index contributed by atoms with van der Waals surface area (Å²) in [5.41, 5.74) is 5.82. The van der Waals surface area contributed by atoms with Gasteiger partial charge in [0.15, 0.2) is 5.89 Å². The lowest BCUT2D eigenvalue weighted by Gasteiger charge is -2.17. The third-order valence-electron chi connectivity index (χ3n) is 7.22. The number of benzene rings is 3. The molecule has 42 heavy (non-hydrogen) atoms. The molecule has 0 saturated carbocycles. The minimum atomic E-state index is -0.265. The van der Waals surface area contributed by atoms with Gasteiger partial charge in [0.1, 0.15) is 5.76 Å². The van der Waals surface area contributed by atoms with Crippen LogP contribution in [0.2, 0.25) is 5.02 Å². The number of nitrogens with one attached hydrogen (secondary N) is 1. The summed E-state index contributed by atoms with van der Waals surface area (Å²) in [7, 11) is 1.80. The van der Waals surface area contributed by atoms with E-state index in [0.29, 0.717) is 40.0 Å². The van der Waals surface area contributed by atoms with Crippen LogP contribution >= 0.6 is 11.6 Å². The molecule has 3 aromatic carbocycles. The number of nitrogens with zero attached hydrogens (tertiary/aromatic N) is 3. The second kappa shape index (κ2) is 12.6. The Kier molecular flexibility index (Phi) is 8.69. The molecule has 2 heterocycles. The maximum absolute atomic E-state index is 13.6. The van der Waals surface area contributed by atoms with Crippen molar-refractivity contribution in [3.63, 3.8) is 0 Å². The summed E-state index contributed by atoms with van der Waals surface area (Å²) < 4.78 is 5.51. The van der Waals surface area contributed by atoms with E-state index in [0.717, 1.165) is 52.6 Å². The molecule has 0 spiro atoms. The highest BCUT2D eigenvalue weighted by Gasteiger charge is 2.18. The lowest BCUT2D eigenvalue weighted by atomic mass is 9.99. The van der Waals surface area contributed by atoms with Gasteiger partial charge in [0, 0.05) is 54.2 Å². The van der Waals surface area contributed by atoms with Gasteiger partial charge in [-0.05, 0) is 74.7 Å². The van der Waals surface area contributed by atoms with Gasteiger partial charge in [-0.2, -0.15) is 0 Å². The van der Waals surface area contributed by atoms with Crippen molar-refractivity contribution in [2.45, 2.75) is 40.0 Å². The number of rotatable bonds is 9. The number of amides is 2. The van der Waals surface area contributed by atoms with Crippen molar-refractivity contribution in [1.82, 2.24) is 14.9 Å². The highest BCUT2D eigenvalue weighted by atomic mass is 35.5. The zero-order valence-corrected chi connectivity index (χ0v) is 25.0. The number of hydrogen-bond donors (Lipinski definition) is 1. The zero-order chi connectivity index (χ0) is 29.8. The van der Waals surface area contributed by atoms with E-state index in [2.05, 4.69) is 16.4 Å². The highest BCUT2D eigenvalue weighted by Crippen LogP contribution is 2.32. The largest absolute Gasteiger partial charge is 0.446 e. The van der Waals surface area contributed by atoms with E-state index in [1.54, 1.807) is 48.5 Å². The summed E-state index contributed by atoms with van der Waals surface area (Å²) in [5.74, 6) is 1.19. The topological polar surface area (TPSA) is 88.3 Å². The minimum Gasteiger partial charge on any atom is -0.446 e. The monoisotopic (exact) mass is 580 g/mol. The molecule has 7 nitrogen and oxygen atoms in total. The van der Waals surface area contributed by atoms with Crippen molar-refractivity contribution < 1.29 is 14.0 Å². The van der Waals surface area contributed by atoms with Crippen LogP contribution in [-0.4, -0.2) is 40.3 Å². The summed E-state index contributed by atoms with van der Waals surface area (Å²) in [4.78, 5) is 37.3. The van der Waals surface area contributed by atoms with Crippen LogP contribution in [0.25, 0.3) is 22.2 Å². The Morgan fingerprint density at radius 1 is 0.976 bits per heavy atom. The summed E-state index contributed by atoms with van der Waals surface area (Å²) >= 11 is 6.48. The quantitative estimate of drug-likeness (QED) is 0.180. The first-order valence-corrected chi connectivity index (χ1v) is 14.3. The Morgan fingerprint density at radius 3 is 2.45 bits per heavy atom. The predicted molar refractivity (Wildman–Crippen MR) is 167 cm³/mol. The fourth-order valence-corrected chi connectivity index (χ4v) is 5.29. The minimum absolute atomic E-state index is 0.0705. The second-order valence-corrected chi connectivity index (χ2v) is 11.0. The summed E-state index contributed by atoms with van der Waals surface area (Å²) in [5, 5.41) is 4.33. The molecule has 0 unspecified atom stereocenters. The first kappa shape index (κ1) is 29.0. The summed E-state index contributed by atoms with van der Waals surface area (Å²) in [6.45, 7) is 6.45. The molecule has 0 aliphatic heterocycles. The highest BCUT2D eigenvalue weighted by molar-refractivity contribution is 6.33. The van der Waals surface area contributed by atoms with E-state index >= 15 is 0 Å². The maximum Gasteiger partial charge on any atom is 0.256 e. The van der Waals surface area contributed by atoms with E-state index in [1.807, 2.05) is 51.1 Å². The third-order valence-corrected chi connectivity index (χ3v) is 7.54. The number of pyridine rings is 1. The summed E-state index contributed by atoms with van der Waals surface area (Å²) in [6.07, 6.45) is 4.30. The van der Waals surface area contributed by atoms with Crippen molar-refractivity contribution in [3.8, 4) is 11.3 Å². The van der Waals surface area contributed by atoms with Crippen LogP contribution in [0.3, 0.4) is 0 Å². The van der Waals surface area contributed by atoms with Crippen molar-refractivity contribution in [2.24, 2.45) is 0 Å². The van der Waals surface area contributed by atoms with E-state index < -0.39 is 0 Å². The maximum atomic E-state index is 13.6. The Morgan fingerprint density at radius 2 is 1.74 bits per heavy atom. The van der Waals surface area contributed by atoms with Gasteiger partial charge in [-0.15, -0.1) is 0 Å². The van der Waals surface area contributed by atoms with Crippen LogP contribution in [0.15, 0.2) is 77.3 Å². The normalized spacial score (nSPS) is 11.1. The molecule has 0 radical (unpaired) electrons. The van der Waals surface area contributed by atoms with Crippen LogP contribution in [0.5, 0.6) is 0 Å². The van der Waals surface area contributed by atoms with Gasteiger partial charge in [0.2, 0.25) is 0 Å². The molecule has 2 amide bonds. The van der Waals surface area contributed by atoms with Crippen molar-refractivity contribution in [1.29, 1.82) is 0 Å². The fraction of sp³-hybridized carbons (Fsp3) is 0.235. The number of halogens is 1. The van der Waals surface area contributed by atoms with Gasteiger partial charge in [0.05, 0.1) is 23.0 Å². The Labute approximate surface area is 250 Å². The van der Waals surface area contributed by atoms with Crippen molar-refractivity contribution >= 4 is 40.0 Å². The number of carbonyl (C=O) groups excluding carboxylic acids is 2. The van der Waals surface area contributed by atoms with Gasteiger partial charge in [-0.3, -0.25) is 9.59 Å². The molecule has 5 rings (SSSR count). The van der Waals surface area contributed by atoms with E-state index in [9.17, 15) is 9.59 Å². The summed E-state index contributed by atoms with van der Waals surface area (Å²) in [6, 6.07) is 20.3. The molecule has 2 aromatic heterocycles. The average Bonchev–Trinajstić information content (AvgIpc) is 3.39. The van der Waals surface area contributed by atoms with Gasteiger partial charge >= 0.3 is 0 Å². The molecule has 0 saturated heterocycles. The van der Waals surface area contributed by atoms with Gasteiger partial charge in [-0.1, -0.05) is 41.4 Å². The number of hydrogen-bond acceptors (Lipinski definition) is 5. The molecule has 0 aliphatic rings. The number of oxazole rings is 1. The number of fused-ring (bicyclic) bond motifs is 1. The Hall–Kier alpha value is -4.49. The lowest BCUT2D eigenvalue weighted by Crippen LogP contribution is -2.27. The van der Waals surface area contributed by atoms with E-state index in [4.69, 9.17) is 21.0 Å². The fourth-order valence-electron chi connectivity index (χ4n) is 5.06. The molecule has 5 aromatic rings. The first-order valence-electron chi connectivity index (χ1n) is 13.9. The predicted octanol–water partition coefficient (Wildman–Crippen LogP) is 7.82. The zero-order valence-electron chi connectivity index (χ0n) is 24.2. The standard InChI is InChI=1S/C34H33ClN4O3/c1-21-17-22(2)32-28(18-21)29(19-31(38-32)27-10-5-6-11-30(27)35)33(40)37-25-14-12-24(13-15-25)34(41)39(4)16-8-7-9-26-20-36-23(3)42-26/h5-6,10-15,17-20H,7-9,16H2,1-4H3,(H,37,40). The van der Waals surface area contributed by atoms with Gasteiger partial charge in [0.25, 0.3) is 11.8 Å². The van der Waals surface area contributed by atoms with E-state index in [1.165, 1.54) is 0 Å². The van der Waals surface area contributed by atoms with Gasteiger partial charge in [-0.25, -0.2) is 9.97 Å². The molecule has 214 valence electrons. The Bertz CT molecular complexity index is 1760. The van der Waals surface area contributed by atoms with Crippen LogP contribution < -0.4 is 5.32 Å². The van der Waals surface area contributed by atoms with Crippen LogP contribution in [-0.2, 0) is 6.42 Å². The van der Waals surface area contributed by atoms with Crippen LogP contribution in [0.4, 0.5) is 5.69 Å². The SMILES string of the molecule is Cc1cc(C)c2nc(-c3ccccc3Cl)cc(C(=O)Nc3ccc(C(=O)N(C)CCCCc4cnc(C)o4)cc3)c2c1. The molecule has 0 fully saturated rings. The second-order valence-electron chi connectivity index (χ2n) is 10.6. The van der Waals surface area contributed by atoms with Crippen molar-refractivity contribution in [3.05, 3.63) is 112 Å². The van der Waals surface area contributed by atoms with E-state index in [-0.39, 0.29) is 11.8 Å². The Balaban J connectivity index is 1.30.